The Hall–Kier alpha value is -1.94. The number of nitrogens with zero attached hydrogens (tertiary/aromatic N) is 3. The van der Waals surface area contributed by atoms with E-state index in [4.69, 9.17) is 0 Å². The zero-order valence-electron chi connectivity index (χ0n) is 11.6. The molecule has 0 unspecified atom stereocenters. The van der Waals surface area contributed by atoms with Crippen LogP contribution in [-0.4, -0.2) is 34.9 Å². The molecule has 1 aromatic heterocycles. The number of aliphatic imine (C=N–C) groups is 1. The third-order valence-corrected chi connectivity index (χ3v) is 3.16. The van der Waals surface area contributed by atoms with Crippen LogP contribution in [0.4, 0.5) is 5.69 Å². The quantitative estimate of drug-likeness (QED) is 0.676. The van der Waals surface area contributed by atoms with Crippen LogP contribution in [0, 0.1) is 6.92 Å². The maximum atomic E-state index is 9.33. The van der Waals surface area contributed by atoms with Gasteiger partial charge in [0.2, 0.25) is 0 Å². The van der Waals surface area contributed by atoms with E-state index < -0.39 is 0 Å². The second-order valence-electron chi connectivity index (χ2n) is 4.56. The third kappa shape index (κ3) is 2.90. The zero-order chi connectivity index (χ0) is 13.8. The summed E-state index contributed by atoms with van der Waals surface area (Å²) >= 11 is 0. The predicted molar refractivity (Wildman–Crippen MR) is 78.9 cm³/mol. The van der Waals surface area contributed by atoms with Crippen molar-refractivity contribution in [2.24, 2.45) is 4.99 Å². The zero-order valence-corrected chi connectivity index (χ0v) is 11.6. The van der Waals surface area contributed by atoms with Crippen molar-refractivity contribution < 1.29 is 5.11 Å². The fourth-order valence-electron chi connectivity index (χ4n) is 1.84. The predicted octanol–water partition coefficient (Wildman–Crippen LogP) is 2.65. The molecule has 2 aromatic rings. The van der Waals surface area contributed by atoms with Crippen molar-refractivity contribution >= 4 is 22.9 Å². The Labute approximate surface area is 113 Å². The summed E-state index contributed by atoms with van der Waals surface area (Å²) in [6, 6.07) is 7.82. The van der Waals surface area contributed by atoms with Crippen LogP contribution in [0.1, 0.15) is 18.2 Å². The van der Waals surface area contributed by atoms with Crippen LogP contribution in [0.15, 0.2) is 29.3 Å². The molecule has 0 aliphatic rings. The van der Waals surface area contributed by atoms with E-state index in [1.807, 2.05) is 49.5 Å². The average molecular weight is 257 g/mol. The number of aliphatic hydroxyl groups excluding tert-OH is 1. The monoisotopic (exact) mass is 257 g/mol. The number of pyridine rings is 1. The number of fused-ring (bicyclic) bond motifs is 1. The topological polar surface area (TPSA) is 48.7 Å². The summed E-state index contributed by atoms with van der Waals surface area (Å²) in [5, 5.41) is 10.3. The molecule has 1 N–H and O–H groups in total. The van der Waals surface area contributed by atoms with Gasteiger partial charge in [-0.2, -0.15) is 0 Å². The molecule has 0 fully saturated rings. The Morgan fingerprint density at radius 3 is 2.89 bits per heavy atom. The highest BCUT2D eigenvalue weighted by molar-refractivity contribution is 5.85. The molecule has 0 amide bonds. The molecule has 0 radical (unpaired) electrons. The number of hydrogen-bond acceptors (Lipinski definition) is 3. The van der Waals surface area contributed by atoms with Crippen molar-refractivity contribution in [1.82, 2.24) is 9.88 Å². The molecule has 0 bridgehead atoms. The first-order valence-corrected chi connectivity index (χ1v) is 6.40. The first-order valence-electron chi connectivity index (χ1n) is 6.40. The van der Waals surface area contributed by atoms with Crippen LogP contribution in [-0.2, 0) is 6.61 Å². The number of benzene rings is 1. The van der Waals surface area contributed by atoms with E-state index in [9.17, 15) is 5.11 Å². The Morgan fingerprint density at radius 2 is 2.21 bits per heavy atom. The lowest BCUT2D eigenvalue weighted by Crippen LogP contribution is -2.14. The summed E-state index contributed by atoms with van der Waals surface area (Å²) < 4.78 is 0. The van der Waals surface area contributed by atoms with Crippen LogP contribution < -0.4 is 0 Å². The Bertz CT molecular complexity index is 608. The van der Waals surface area contributed by atoms with E-state index in [2.05, 4.69) is 16.9 Å². The molecular weight excluding hydrogens is 238 g/mol. The molecule has 0 saturated carbocycles. The van der Waals surface area contributed by atoms with Gasteiger partial charge >= 0.3 is 0 Å². The fourth-order valence-corrected chi connectivity index (χ4v) is 1.84. The van der Waals surface area contributed by atoms with Gasteiger partial charge in [-0.25, -0.2) is 4.99 Å². The number of aliphatic hydroxyl groups is 1. The molecule has 2 rings (SSSR count). The van der Waals surface area contributed by atoms with E-state index in [-0.39, 0.29) is 6.61 Å². The normalized spacial score (nSPS) is 11.4. The minimum absolute atomic E-state index is 0.00493. The minimum atomic E-state index is 0.00493. The lowest BCUT2D eigenvalue weighted by atomic mass is 10.1. The molecule has 0 aliphatic heterocycles. The molecule has 1 aromatic carbocycles. The maximum Gasteiger partial charge on any atom is 0.0910 e. The van der Waals surface area contributed by atoms with Crippen molar-refractivity contribution in [3.8, 4) is 0 Å². The highest BCUT2D eigenvalue weighted by Gasteiger charge is 2.05. The van der Waals surface area contributed by atoms with E-state index in [0.717, 1.165) is 34.4 Å². The standard InChI is InChI=1S/C15H19N3O/c1-4-18(3)10-16-14-8-12-6-5-7-13(9-19)15(12)17-11(14)2/h5-8,10,19H,4,9H2,1-3H3/b16-10+. The van der Waals surface area contributed by atoms with Gasteiger partial charge in [-0.1, -0.05) is 18.2 Å². The first kappa shape index (κ1) is 13.5. The van der Waals surface area contributed by atoms with Gasteiger partial charge < -0.3 is 10.0 Å². The van der Waals surface area contributed by atoms with Crippen LogP contribution in [0.3, 0.4) is 0 Å². The molecular formula is C15H19N3O. The molecule has 19 heavy (non-hydrogen) atoms. The highest BCUT2D eigenvalue weighted by Crippen LogP contribution is 2.25. The summed E-state index contributed by atoms with van der Waals surface area (Å²) in [6.45, 7) is 4.93. The van der Waals surface area contributed by atoms with Crippen molar-refractivity contribution in [3.63, 3.8) is 0 Å². The van der Waals surface area contributed by atoms with Crippen LogP contribution in [0.25, 0.3) is 10.9 Å². The number of aromatic nitrogens is 1. The van der Waals surface area contributed by atoms with E-state index in [1.54, 1.807) is 0 Å². The van der Waals surface area contributed by atoms with Gasteiger partial charge in [0, 0.05) is 24.5 Å². The fraction of sp³-hybridized carbons (Fsp3) is 0.333. The van der Waals surface area contributed by atoms with Gasteiger partial charge in [0.25, 0.3) is 0 Å². The molecule has 0 spiro atoms. The lowest BCUT2D eigenvalue weighted by molar-refractivity contribution is 0.283. The maximum absolute atomic E-state index is 9.33. The molecule has 4 heteroatoms. The van der Waals surface area contributed by atoms with Crippen LogP contribution in [0.2, 0.25) is 0 Å². The largest absolute Gasteiger partial charge is 0.392 e. The average Bonchev–Trinajstić information content (AvgIpc) is 2.44. The van der Waals surface area contributed by atoms with Gasteiger partial charge in [-0.3, -0.25) is 4.98 Å². The second-order valence-corrected chi connectivity index (χ2v) is 4.56. The van der Waals surface area contributed by atoms with E-state index >= 15 is 0 Å². The molecule has 0 atom stereocenters. The molecule has 4 nitrogen and oxygen atoms in total. The van der Waals surface area contributed by atoms with E-state index in [0.29, 0.717) is 0 Å². The Kier molecular flexibility index (Phi) is 4.12. The van der Waals surface area contributed by atoms with Crippen molar-refractivity contribution in [3.05, 3.63) is 35.5 Å². The van der Waals surface area contributed by atoms with Gasteiger partial charge in [-0.15, -0.1) is 0 Å². The number of para-hydroxylation sites is 1. The molecule has 100 valence electrons. The summed E-state index contributed by atoms with van der Waals surface area (Å²) in [6.07, 6.45) is 1.81. The SMILES string of the molecule is CCN(C)/C=N/c1cc2cccc(CO)c2nc1C. The Morgan fingerprint density at radius 1 is 1.42 bits per heavy atom. The van der Waals surface area contributed by atoms with Crippen molar-refractivity contribution in [2.45, 2.75) is 20.5 Å². The highest BCUT2D eigenvalue weighted by atomic mass is 16.3. The molecule has 1 heterocycles. The molecule has 0 saturated heterocycles. The number of aryl methyl sites for hydroxylation is 1. The van der Waals surface area contributed by atoms with Crippen LogP contribution >= 0.6 is 0 Å². The smallest absolute Gasteiger partial charge is 0.0910 e. The first-order chi connectivity index (χ1) is 9.15. The lowest BCUT2D eigenvalue weighted by Gasteiger charge is -2.10. The van der Waals surface area contributed by atoms with Crippen molar-refractivity contribution in [2.75, 3.05) is 13.6 Å². The van der Waals surface area contributed by atoms with Gasteiger partial charge in [-0.05, 0) is 19.9 Å². The van der Waals surface area contributed by atoms with Gasteiger partial charge in [0.15, 0.2) is 0 Å². The van der Waals surface area contributed by atoms with Gasteiger partial charge in [0.05, 0.1) is 29.8 Å². The number of hydrogen-bond donors (Lipinski definition) is 1. The summed E-state index contributed by atoms with van der Waals surface area (Å²) in [5.41, 5.74) is 3.43. The third-order valence-electron chi connectivity index (χ3n) is 3.16. The second kappa shape index (κ2) is 5.80. The summed E-state index contributed by atoms with van der Waals surface area (Å²) in [4.78, 5) is 11.0. The van der Waals surface area contributed by atoms with Crippen molar-refractivity contribution in [1.29, 1.82) is 0 Å². The molecule has 0 aliphatic carbocycles. The minimum Gasteiger partial charge on any atom is -0.392 e. The van der Waals surface area contributed by atoms with Gasteiger partial charge in [0.1, 0.15) is 0 Å². The summed E-state index contributed by atoms with van der Waals surface area (Å²) in [5.74, 6) is 0. The van der Waals surface area contributed by atoms with Crippen LogP contribution in [0.5, 0.6) is 0 Å². The summed E-state index contributed by atoms with van der Waals surface area (Å²) in [7, 11) is 1.98. The van der Waals surface area contributed by atoms with E-state index in [1.165, 1.54) is 0 Å². The number of rotatable bonds is 4. The Balaban J connectivity index is 2.48.